The van der Waals surface area contributed by atoms with Crippen LogP contribution < -0.4 is 20.1 Å². The third-order valence-corrected chi connectivity index (χ3v) is 6.50. The number of aliphatic carboxylic acids is 2. The number of rotatable bonds is 10. The molecule has 2 aromatic carbocycles. The molecule has 206 valence electrons. The van der Waals surface area contributed by atoms with Crippen molar-refractivity contribution in [2.24, 2.45) is 11.7 Å². The Kier molecular flexibility index (Phi) is 8.60. The van der Waals surface area contributed by atoms with E-state index in [2.05, 4.69) is 4.98 Å². The van der Waals surface area contributed by atoms with Gasteiger partial charge in [-0.05, 0) is 54.2 Å². The number of carbonyl (C=O) groups is 2. The Morgan fingerprint density at radius 1 is 1.10 bits per heavy atom. The molecule has 1 aliphatic rings. The van der Waals surface area contributed by atoms with Crippen molar-refractivity contribution in [2.75, 3.05) is 18.0 Å². The zero-order valence-electron chi connectivity index (χ0n) is 21.3. The van der Waals surface area contributed by atoms with Crippen molar-refractivity contribution in [3.05, 3.63) is 65.7 Å². The van der Waals surface area contributed by atoms with Gasteiger partial charge in [0.2, 0.25) is 0 Å². The molecular formula is C28H29F2N3O6. The second-order valence-electron chi connectivity index (χ2n) is 9.26. The molecule has 39 heavy (non-hydrogen) atoms. The van der Waals surface area contributed by atoms with Gasteiger partial charge in [0.05, 0.1) is 5.92 Å². The van der Waals surface area contributed by atoms with Crippen LogP contribution in [0.5, 0.6) is 17.5 Å². The number of halogens is 2. The molecule has 4 N–H and O–H groups in total. The van der Waals surface area contributed by atoms with Crippen LogP contribution in [0.4, 0.5) is 14.5 Å². The molecule has 1 aliphatic heterocycles. The number of pyridine rings is 1. The summed E-state index contributed by atoms with van der Waals surface area (Å²) in [6.45, 7) is 2.77. The molecule has 0 spiro atoms. The molecule has 1 saturated heterocycles. The minimum Gasteiger partial charge on any atom is -0.481 e. The number of nitrogens with zero attached hydrogens (tertiary/aromatic N) is 2. The molecule has 0 amide bonds. The van der Waals surface area contributed by atoms with E-state index >= 15 is 0 Å². The summed E-state index contributed by atoms with van der Waals surface area (Å²) < 4.78 is 40.0. The van der Waals surface area contributed by atoms with Gasteiger partial charge in [0.15, 0.2) is 17.7 Å². The highest BCUT2D eigenvalue weighted by atomic mass is 19.1. The predicted molar refractivity (Wildman–Crippen MR) is 139 cm³/mol. The van der Waals surface area contributed by atoms with E-state index in [1.54, 1.807) is 19.1 Å². The molecule has 0 bridgehead atoms. The van der Waals surface area contributed by atoms with E-state index in [1.807, 2.05) is 35.2 Å². The lowest BCUT2D eigenvalue weighted by molar-refractivity contribution is -0.145. The Bertz CT molecular complexity index is 1370. The SMILES string of the molecule is CC[C@@H](Oc1nc(Oc2cc(-c3cccc(CN)c3)cc(N3CCCC(C(=O)O)C3)c2)c(F)cc1F)C(=O)O. The van der Waals surface area contributed by atoms with Crippen molar-refractivity contribution in [1.82, 2.24) is 4.98 Å². The van der Waals surface area contributed by atoms with Crippen molar-refractivity contribution in [3.63, 3.8) is 0 Å². The van der Waals surface area contributed by atoms with Crippen LogP contribution in [0, 0.1) is 17.6 Å². The smallest absolute Gasteiger partial charge is 0.344 e. The summed E-state index contributed by atoms with van der Waals surface area (Å²) in [6.07, 6.45) is -0.103. The molecule has 1 unspecified atom stereocenters. The molecule has 0 aliphatic carbocycles. The number of benzene rings is 2. The molecular weight excluding hydrogens is 512 g/mol. The average Bonchev–Trinajstić information content (AvgIpc) is 2.93. The van der Waals surface area contributed by atoms with Gasteiger partial charge in [-0.25, -0.2) is 13.6 Å². The van der Waals surface area contributed by atoms with Gasteiger partial charge >= 0.3 is 11.9 Å². The molecule has 2 atom stereocenters. The number of nitrogens with two attached hydrogens (primary N) is 1. The van der Waals surface area contributed by atoms with Crippen molar-refractivity contribution in [2.45, 2.75) is 38.8 Å². The fourth-order valence-corrected chi connectivity index (χ4v) is 4.43. The second-order valence-corrected chi connectivity index (χ2v) is 9.26. The topological polar surface area (TPSA) is 135 Å². The first kappa shape index (κ1) is 27.8. The van der Waals surface area contributed by atoms with E-state index < -0.39 is 47.4 Å². The predicted octanol–water partition coefficient (Wildman–Crippen LogP) is 4.82. The quantitative estimate of drug-likeness (QED) is 0.330. The van der Waals surface area contributed by atoms with Crippen LogP contribution in [0.2, 0.25) is 0 Å². The van der Waals surface area contributed by atoms with Crippen LogP contribution in [-0.2, 0) is 16.1 Å². The molecule has 0 saturated carbocycles. The highest BCUT2D eigenvalue weighted by molar-refractivity contribution is 5.74. The van der Waals surface area contributed by atoms with Gasteiger partial charge in [0.25, 0.3) is 11.8 Å². The maximum Gasteiger partial charge on any atom is 0.344 e. The lowest BCUT2D eigenvalue weighted by Gasteiger charge is -2.33. The lowest BCUT2D eigenvalue weighted by Crippen LogP contribution is -2.38. The van der Waals surface area contributed by atoms with E-state index in [9.17, 15) is 28.6 Å². The van der Waals surface area contributed by atoms with Gasteiger partial charge in [0, 0.05) is 37.5 Å². The van der Waals surface area contributed by atoms with Crippen molar-refractivity contribution >= 4 is 17.6 Å². The lowest BCUT2D eigenvalue weighted by atomic mass is 9.96. The summed E-state index contributed by atoms with van der Waals surface area (Å²) in [4.78, 5) is 28.7. The van der Waals surface area contributed by atoms with Crippen molar-refractivity contribution < 1.29 is 38.1 Å². The minimum atomic E-state index is -1.38. The highest BCUT2D eigenvalue weighted by Gasteiger charge is 2.27. The molecule has 1 fully saturated rings. The first-order valence-corrected chi connectivity index (χ1v) is 12.5. The summed E-state index contributed by atoms with van der Waals surface area (Å²) in [5.74, 6) is -6.15. The number of carboxylic acids is 2. The normalized spacial score (nSPS) is 16.0. The Morgan fingerprint density at radius 3 is 2.56 bits per heavy atom. The molecule has 1 aromatic heterocycles. The first-order chi connectivity index (χ1) is 18.7. The van der Waals surface area contributed by atoms with E-state index in [0.29, 0.717) is 43.2 Å². The fraction of sp³-hybridized carbons (Fsp3) is 0.321. The summed E-state index contributed by atoms with van der Waals surface area (Å²) in [7, 11) is 0. The van der Waals surface area contributed by atoms with Gasteiger partial charge in [-0.3, -0.25) is 4.79 Å². The maximum absolute atomic E-state index is 14.7. The van der Waals surface area contributed by atoms with Crippen LogP contribution in [0.25, 0.3) is 11.1 Å². The number of piperidine rings is 1. The fourth-order valence-electron chi connectivity index (χ4n) is 4.43. The molecule has 0 radical (unpaired) electrons. The van der Waals surface area contributed by atoms with Gasteiger partial charge in [-0.2, -0.15) is 4.98 Å². The molecule has 3 aromatic rings. The zero-order chi connectivity index (χ0) is 28.1. The Morgan fingerprint density at radius 2 is 1.87 bits per heavy atom. The average molecular weight is 542 g/mol. The second kappa shape index (κ2) is 12.1. The summed E-state index contributed by atoms with van der Waals surface area (Å²) in [6, 6.07) is 13.2. The Labute approximate surface area is 223 Å². The third-order valence-electron chi connectivity index (χ3n) is 6.50. The van der Waals surface area contributed by atoms with E-state index in [1.165, 1.54) is 0 Å². The Balaban J connectivity index is 1.74. The Hall–Kier alpha value is -4.25. The summed E-state index contributed by atoms with van der Waals surface area (Å²) in [5.41, 5.74) is 8.86. The number of aromatic nitrogens is 1. The van der Waals surface area contributed by atoms with E-state index in [0.717, 1.165) is 11.1 Å². The van der Waals surface area contributed by atoms with Crippen LogP contribution in [0.15, 0.2) is 48.5 Å². The van der Waals surface area contributed by atoms with E-state index in [4.69, 9.17) is 15.2 Å². The highest BCUT2D eigenvalue weighted by Crippen LogP contribution is 2.36. The largest absolute Gasteiger partial charge is 0.481 e. The zero-order valence-corrected chi connectivity index (χ0v) is 21.3. The van der Waals surface area contributed by atoms with Gasteiger partial charge in [0.1, 0.15) is 5.75 Å². The van der Waals surface area contributed by atoms with Gasteiger partial charge < -0.3 is 30.3 Å². The molecule has 4 rings (SSSR count). The number of ether oxygens (including phenoxy) is 2. The summed E-state index contributed by atoms with van der Waals surface area (Å²) in [5, 5.41) is 18.8. The number of anilines is 1. The van der Waals surface area contributed by atoms with Crippen LogP contribution in [0.3, 0.4) is 0 Å². The minimum absolute atomic E-state index is 0.0322. The number of hydrogen-bond acceptors (Lipinski definition) is 7. The summed E-state index contributed by atoms with van der Waals surface area (Å²) >= 11 is 0. The third kappa shape index (κ3) is 6.61. The number of hydrogen-bond donors (Lipinski definition) is 3. The first-order valence-electron chi connectivity index (χ1n) is 12.5. The number of carboxylic acid groups (broad SMARTS) is 2. The van der Waals surface area contributed by atoms with Gasteiger partial charge in [-0.1, -0.05) is 25.1 Å². The maximum atomic E-state index is 14.7. The standard InChI is InChI=1S/C28H29F2N3O6/c1-2-24(28(36)37)39-26-23(30)13-22(29)25(32-26)38-21-11-19(17-6-3-5-16(9-17)14-31)10-20(12-21)33-8-4-7-18(15-33)27(34)35/h3,5-6,9-13,18,24H,2,4,7-8,14-15,31H2,1H3,(H,34,35)(H,36,37)/t18?,24-/m1/s1. The van der Waals surface area contributed by atoms with Crippen molar-refractivity contribution in [1.29, 1.82) is 0 Å². The van der Waals surface area contributed by atoms with Crippen LogP contribution in [0.1, 0.15) is 31.7 Å². The molecule has 9 nitrogen and oxygen atoms in total. The van der Waals surface area contributed by atoms with Gasteiger partial charge in [-0.15, -0.1) is 0 Å². The van der Waals surface area contributed by atoms with Crippen LogP contribution in [-0.4, -0.2) is 46.3 Å². The molecule has 2 heterocycles. The van der Waals surface area contributed by atoms with E-state index in [-0.39, 0.29) is 18.7 Å². The van der Waals surface area contributed by atoms with Crippen molar-refractivity contribution in [3.8, 4) is 28.6 Å². The molecule has 11 heteroatoms. The van der Waals surface area contributed by atoms with Crippen LogP contribution >= 0.6 is 0 Å². The monoisotopic (exact) mass is 541 g/mol.